The van der Waals surface area contributed by atoms with E-state index < -0.39 is 0 Å². The second-order valence-corrected chi connectivity index (χ2v) is 52.0. The normalized spacial score (nSPS) is 13.7. The van der Waals surface area contributed by atoms with Crippen LogP contribution in [0.15, 0.2) is 79.0 Å². The lowest BCUT2D eigenvalue weighted by Gasteiger charge is -2.34. The van der Waals surface area contributed by atoms with Crippen molar-refractivity contribution in [3.05, 3.63) is 95.7 Å². The Labute approximate surface area is 853 Å². The highest BCUT2D eigenvalue weighted by molar-refractivity contribution is 5.88. The third-order valence-electron chi connectivity index (χ3n) is 22.5. The molecule has 1 amide bonds. The summed E-state index contributed by atoms with van der Waals surface area (Å²) in [4.78, 5) is 98.1. The number of hydrogen-bond donors (Lipinski definition) is 0. The number of Topliss-reactive ketones (excluding diaryl/α,β-unsaturated/α-hetero) is 6. The standard InChI is InChI=1S/C23H30O3.C19H27N3O2.C18H33NO3.C18H36O4.C18H36O3.C11H22O2.C11H22O/c1-22(2,3)18-9-13-20(14-10-18)26-19-11-7-17(8-12-19)15-25-16-21(24)23(4,5)6;1-14(2)24-11-10-22-20-13-17(21-22)16-8-6-15(7-9-16)12-18(23)19(3,4)5;1-17(2,3)16(21)14-9-11-19(12-10-14)15(20)8-7-13-22-18(4,5)6;1-14(21-10-9-17(3,4)5)15(2)22-12-11-20-13-16(19)18(6,7)8;1-17(2,3)11-8-7-9-12-20-13-10-14-21-15-16(19)18(4,5)6;1-10(2,3)7-8-13-9(12)11(4,5)6;1-10(2,3)8-7-9(12)11(4,5)6/h7-14H,15-16H2,1-6H3;6-9,13-14H,10-12H2,1-5H3;14H,7-13H2,1-6H3;14-15H,9-13H2,1-8H3;7-15H2,1-6H3;7-8H2,1-6H3;7-8H2,1-6H3. The van der Waals surface area contributed by atoms with Crippen LogP contribution in [0.3, 0.4) is 0 Å². The number of nitrogens with zero attached hydrogens (tertiary/aromatic N) is 4. The number of piperidine rings is 1. The van der Waals surface area contributed by atoms with Crippen LogP contribution >= 0.6 is 0 Å². The largest absolute Gasteiger partial charge is 0.465 e. The topological polar surface area (TPSA) is 263 Å². The Kier molecular flexibility index (Phi) is 61.5. The lowest BCUT2D eigenvalue weighted by atomic mass is 9.79. The molecular weight excluding hydrogens is 1760 g/mol. The molecule has 2 atom stereocenters. The van der Waals surface area contributed by atoms with Gasteiger partial charge in [0.05, 0.1) is 75.1 Å². The first-order chi connectivity index (χ1) is 63.6. The molecule has 806 valence electrons. The molecule has 1 aliphatic rings. The van der Waals surface area contributed by atoms with Crippen molar-refractivity contribution in [3.63, 3.8) is 0 Å². The number of hydrogen-bond acceptors (Lipinski definition) is 20. The number of rotatable bonds is 43. The smallest absolute Gasteiger partial charge is 0.311 e. The fourth-order valence-electron chi connectivity index (χ4n) is 12.0. The molecule has 2 heterocycles. The minimum Gasteiger partial charge on any atom is -0.465 e. The Morgan fingerprint density at radius 2 is 0.814 bits per heavy atom. The highest BCUT2D eigenvalue weighted by atomic mass is 16.6. The Balaban J connectivity index is 0. The van der Waals surface area contributed by atoms with E-state index in [9.17, 15) is 38.4 Å². The van der Waals surface area contributed by atoms with E-state index >= 15 is 0 Å². The molecule has 1 aliphatic heterocycles. The average Bonchev–Trinajstić information content (AvgIpc) is 1.75. The van der Waals surface area contributed by atoms with Gasteiger partial charge in [0, 0.05) is 109 Å². The Morgan fingerprint density at radius 1 is 0.379 bits per heavy atom. The Morgan fingerprint density at radius 3 is 1.26 bits per heavy atom. The molecule has 5 rings (SSSR count). The van der Waals surface area contributed by atoms with E-state index in [-0.39, 0.29) is 144 Å². The number of benzene rings is 3. The summed E-state index contributed by atoms with van der Waals surface area (Å²) in [6.07, 6.45) is 14.9. The maximum Gasteiger partial charge on any atom is 0.311 e. The molecule has 0 N–H and O–H groups in total. The van der Waals surface area contributed by atoms with Gasteiger partial charge in [-0.05, 0) is 195 Å². The monoisotopic (exact) mass is 1970 g/mol. The molecule has 22 heteroatoms. The molecule has 0 bridgehead atoms. The first-order valence-corrected chi connectivity index (χ1v) is 52.0. The molecule has 0 saturated carbocycles. The summed E-state index contributed by atoms with van der Waals surface area (Å²) < 4.78 is 55.5. The minimum atomic E-state index is -0.377. The van der Waals surface area contributed by atoms with E-state index in [1.165, 1.54) is 24.8 Å². The number of ether oxygens (including phenoxy) is 10. The second kappa shape index (κ2) is 63.6. The highest BCUT2D eigenvalue weighted by Gasteiger charge is 2.34. The third kappa shape index (κ3) is 70.9. The molecule has 0 aliphatic carbocycles. The molecule has 4 aromatic rings. The van der Waals surface area contributed by atoms with Gasteiger partial charge in [0.1, 0.15) is 54.4 Å². The quantitative estimate of drug-likeness (QED) is 0.0294. The molecule has 22 nitrogen and oxygen atoms in total. The number of ketones is 6. The van der Waals surface area contributed by atoms with E-state index in [4.69, 9.17) is 47.4 Å². The Hall–Kier alpha value is -6.76. The number of unbranched alkanes of at least 4 members (excludes halogenated alkanes) is 2. The van der Waals surface area contributed by atoms with Gasteiger partial charge in [0.2, 0.25) is 5.91 Å². The molecular formula is C118H206N4O18. The van der Waals surface area contributed by atoms with Gasteiger partial charge in [0.15, 0.2) is 17.3 Å². The summed E-state index contributed by atoms with van der Waals surface area (Å²) in [7, 11) is 0. The maximum absolute atomic E-state index is 12.3. The molecule has 1 saturated heterocycles. The van der Waals surface area contributed by atoms with E-state index in [2.05, 4.69) is 126 Å². The van der Waals surface area contributed by atoms with Gasteiger partial charge in [-0.15, -0.1) is 0 Å². The fraction of sp³-hybridized carbons (Fsp3) is 0.763. The van der Waals surface area contributed by atoms with Gasteiger partial charge in [-0.3, -0.25) is 38.4 Å². The van der Waals surface area contributed by atoms with Crippen molar-refractivity contribution in [1.29, 1.82) is 0 Å². The van der Waals surface area contributed by atoms with Crippen LogP contribution in [-0.4, -0.2) is 183 Å². The first-order valence-electron chi connectivity index (χ1n) is 52.0. The number of carbonyl (C=O) groups excluding carboxylic acids is 8. The fourth-order valence-corrected chi connectivity index (χ4v) is 12.0. The summed E-state index contributed by atoms with van der Waals surface area (Å²) in [6, 6.07) is 23.9. The molecule has 2 unspecified atom stereocenters. The lowest BCUT2D eigenvalue weighted by molar-refractivity contribution is -0.153. The molecule has 0 radical (unpaired) electrons. The van der Waals surface area contributed by atoms with Crippen molar-refractivity contribution in [2.45, 2.75) is 430 Å². The van der Waals surface area contributed by atoms with Crippen molar-refractivity contribution in [2.75, 3.05) is 92.4 Å². The summed E-state index contributed by atoms with van der Waals surface area (Å²) in [5.41, 5.74) is 4.26. The van der Waals surface area contributed by atoms with Crippen molar-refractivity contribution < 1.29 is 85.7 Å². The van der Waals surface area contributed by atoms with Crippen molar-refractivity contribution in [3.8, 4) is 22.8 Å². The van der Waals surface area contributed by atoms with Gasteiger partial charge in [-0.25, -0.2) is 0 Å². The van der Waals surface area contributed by atoms with Crippen LogP contribution in [-0.2, 0) is 106 Å². The summed E-state index contributed by atoms with van der Waals surface area (Å²) in [5, 5.41) is 8.73. The van der Waals surface area contributed by atoms with Gasteiger partial charge < -0.3 is 52.3 Å². The number of carbonyl (C=O) groups is 8. The number of esters is 1. The summed E-state index contributed by atoms with van der Waals surface area (Å²) >= 11 is 0. The zero-order valence-electron chi connectivity index (χ0n) is 97.2. The SMILES string of the molecule is CC(C)(C)C(=O)COCc1ccc(Oc2ccc(C(C)(C)C)cc2)cc1.CC(C)(C)CCC(=O)C(C)(C)C.CC(C)(C)CCCCCOCCCOCC(=O)C(C)(C)C.CC(C)(C)CCOC(=O)C(C)(C)C.CC(C)(C)OCCCC(=O)N1CCC(C(=O)C(C)(C)C)CC1.CC(C)OCCn1ncc(-c2ccc(CC(=O)C(C)(C)C)cc2)n1.CC(OCCOCC(=O)C(C)(C)C)C(C)OCCC(C)(C)C. The van der Waals surface area contributed by atoms with E-state index in [1.54, 1.807) is 11.0 Å². The minimum absolute atomic E-state index is 0.0156. The third-order valence-corrected chi connectivity index (χ3v) is 22.5. The number of amides is 1. The van der Waals surface area contributed by atoms with E-state index in [0.29, 0.717) is 102 Å². The zero-order valence-corrected chi connectivity index (χ0v) is 97.2. The van der Waals surface area contributed by atoms with Crippen LogP contribution in [0, 0.1) is 65.5 Å². The lowest BCUT2D eigenvalue weighted by Crippen LogP contribution is -2.42. The van der Waals surface area contributed by atoms with Crippen molar-refractivity contribution in [2.24, 2.45) is 65.5 Å². The maximum atomic E-state index is 12.3. The first kappa shape index (κ1) is 135. The molecule has 0 spiro atoms. The Bertz CT molecular complexity index is 4100. The van der Waals surface area contributed by atoms with Crippen LogP contribution in [0.1, 0.15) is 398 Å². The number of aromatic nitrogens is 3. The van der Waals surface area contributed by atoms with Gasteiger partial charge in [0.25, 0.3) is 0 Å². The zero-order chi connectivity index (χ0) is 109. The van der Waals surface area contributed by atoms with Gasteiger partial charge in [-0.1, -0.05) is 290 Å². The summed E-state index contributed by atoms with van der Waals surface area (Å²) in [6.45, 7) is 96.1. The van der Waals surface area contributed by atoms with Crippen LogP contribution in [0.4, 0.5) is 0 Å². The highest BCUT2D eigenvalue weighted by Crippen LogP contribution is 2.33. The average molecular weight is 1970 g/mol. The summed E-state index contributed by atoms with van der Waals surface area (Å²) in [5.74, 6) is 3.12. The van der Waals surface area contributed by atoms with E-state index in [1.807, 2.05) is 259 Å². The van der Waals surface area contributed by atoms with Crippen LogP contribution in [0.2, 0.25) is 0 Å². The molecule has 1 fully saturated rings. The van der Waals surface area contributed by atoms with Crippen LogP contribution in [0.25, 0.3) is 11.3 Å². The molecule has 1 aromatic heterocycles. The predicted octanol–water partition coefficient (Wildman–Crippen LogP) is 27.8. The van der Waals surface area contributed by atoms with Gasteiger partial charge in [-0.2, -0.15) is 15.0 Å². The molecule has 3 aromatic carbocycles. The predicted molar refractivity (Wildman–Crippen MR) is 576 cm³/mol. The van der Waals surface area contributed by atoms with Crippen LogP contribution < -0.4 is 4.74 Å². The number of likely N-dealkylation sites (tertiary alicyclic amines) is 1. The van der Waals surface area contributed by atoms with E-state index in [0.717, 1.165) is 105 Å². The van der Waals surface area contributed by atoms with Gasteiger partial charge >= 0.3 is 5.97 Å². The van der Waals surface area contributed by atoms with Crippen LogP contribution in [0.5, 0.6) is 11.5 Å². The van der Waals surface area contributed by atoms with Crippen molar-refractivity contribution in [1.82, 2.24) is 19.9 Å². The van der Waals surface area contributed by atoms with Crippen molar-refractivity contribution >= 4 is 46.6 Å². The molecule has 140 heavy (non-hydrogen) atoms. The second-order valence-electron chi connectivity index (χ2n) is 52.0.